The number of fused-ring (bicyclic) bond motifs is 1. The van der Waals surface area contributed by atoms with E-state index < -0.39 is 12.1 Å². The van der Waals surface area contributed by atoms with Crippen molar-refractivity contribution >= 4 is 5.97 Å². The van der Waals surface area contributed by atoms with Crippen molar-refractivity contribution in [2.24, 2.45) is 23.7 Å². The van der Waals surface area contributed by atoms with Gasteiger partial charge in [0, 0.05) is 18.8 Å². The Morgan fingerprint density at radius 2 is 2.15 bits per heavy atom. The van der Waals surface area contributed by atoms with Crippen molar-refractivity contribution in [2.45, 2.75) is 71.0 Å². The number of carboxylic acid groups (broad SMARTS) is 1. The predicted octanol–water partition coefficient (Wildman–Crippen LogP) is 3.54. The zero-order chi connectivity index (χ0) is 19.1. The normalized spacial score (nSPS) is 31.6. The van der Waals surface area contributed by atoms with Crippen LogP contribution in [0.25, 0.3) is 0 Å². The molecule has 0 aromatic rings. The average Bonchev–Trinajstić information content (AvgIpc) is 3.10. The Bertz CT molecular complexity index is 595. The molecule has 0 heterocycles. The number of aliphatic carboxylic acids is 1. The number of aliphatic hydroxyl groups is 2. The summed E-state index contributed by atoms with van der Waals surface area (Å²) in [5.41, 5.74) is 1.41. The van der Waals surface area contributed by atoms with Gasteiger partial charge in [-0.3, -0.25) is 4.79 Å². The Labute approximate surface area is 157 Å². The summed E-state index contributed by atoms with van der Waals surface area (Å²) in [6.45, 7) is 3.79. The predicted molar refractivity (Wildman–Crippen MR) is 102 cm³/mol. The van der Waals surface area contributed by atoms with E-state index in [1.54, 1.807) is 6.92 Å². The third-order valence-electron chi connectivity index (χ3n) is 5.85. The first-order valence-corrected chi connectivity index (χ1v) is 9.76. The Hall–Kier alpha value is -1.57. The molecule has 2 fully saturated rings. The van der Waals surface area contributed by atoms with Crippen molar-refractivity contribution < 1.29 is 20.1 Å². The fraction of sp³-hybridized carbons (Fsp3) is 0.682. The van der Waals surface area contributed by atoms with Crippen LogP contribution < -0.4 is 0 Å². The van der Waals surface area contributed by atoms with Gasteiger partial charge in [-0.2, -0.15) is 0 Å². The van der Waals surface area contributed by atoms with E-state index in [2.05, 4.69) is 17.9 Å². The summed E-state index contributed by atoms with van der Waals surface area (Å²) >= 11 is 0. The van der Waals surface area contributed by atoms with E-state index in [-0.39, 0.29) is 24.4 Å². The highest BCUT2D eigenvalue weighted by atomic mass is 16.4. The second kappa shape index (κ2) is 9.94. The summed E-state index contributed by atoms with van der Waals surface area (Å²) in [5, 5.41) is 29.4. The van der Waals surface area contributed by atoms with E-state index in [0.29, 0.717) is 24.7 Å². The van der Waals surface area contributed by atoms with E-state index in [0.717, 1.165) is 25.7 Å². The summed E-state index contributed by atoms with van der Waals surface area (Å²) in [5.74, 6) is 6.25. The lowest BCUT2D eigenvalue weighted by atomic mass is 9.89. The van der Waals surface area contributed by atoms with Crippen molar-refractivity contribution in [2.75, 3.05) is 0 Å². The molecule has 2 aliphatic carbocycles. The standard InChI is InChI=1S/C22H32O4/c1-3-4-7-15(2)20(23)11-10-18-19-13-16(8-5-6-9-22(25)26)12-17(19)14-21(18)24/h8,10-11,15,17-21,23-24H,5-7,9,12-14H2,1-2H3,(H,25,26)/b11-10+,16-8+/t15-,17-,18-,19+,20-,21+/m1/s1. The van der Waals surface area contributed by atoms with E-state index >= 15 is 0 Å². The van der Waals surface area contributed by atoms with Crippen molar-refractivity contribution in [3.05, 3.63) is 23.8 Å². The summed E-state index contributed by atoms with van der Waals surface area (Å²) < 4.78 is 0. The molecule has 0 bridgehead atoms. The number of rotatable bonds is 8. The molecule has 0 aliphatic heterocycles. The van der Waals surface area contributed by atoms with Crippen LogP contribution in [0.1, 0.15) is 58.8 Å². The van der Waals surface area contributed by atoms with Gasteiger partial charge >= 0.3 is 5.97 Å². The van der Waals surface area contributed by atoms with Gasteiger partial charge in [0.05, 0.1) is 12.2 Å². The molecular formula is C22H32O4. The molecule has 0 spiro atoms. The highest BCUT2D eigenvalue weighted by Crippen LogP contribution is 2.50. The van der Waals surface area contributed by atoms with Crippen LogP contribution >= 0.6 is 0 Å². The summed E-state index contributed by atoms with van der Waals surface area (Å²) in [6.07, 6.45) is 10.4. The zero-order valence-electron chi connectivity index (χ0n) is 15.9. The lowest BCUT2D eigenvalue weighted by Crippen LogP contribution is -2.19. The number of carboxylic acids is 1. The number of carbonyl (C=O) groups is 1. The topological polar surface area (TPSA) is 77.8 Å². The summed E-state index contributed by atoms with van der Waals surface area (Å²) in [4.78, 5) is 10.6. The quantitative estimate of drug-likeness (QED) is 0.351. The first kappa shape index (κ1) is 20.7. The Morgan fingerprint density at radius 3 is 2.85 bits per heavy atom. The molecule has 2 rings (SSSR count). The van der Waals surface area contributed by atoms with Gasteiger partial charge in [0.15, 0.2) is 0 Å². The molecule has 0 saturated heterocycles. The van der Waals surface area contributed by atoms with Crippen LogP contribution in [0, 0.1) is 35.5 Å². The van der Waals surface area contributed by atoms with Gasteiger partial charge < -0.3 is 15.3 Å². The molecule has 6 atom stereocenters. The minimum atomic E-state index is -0.738. The highest BCUT2D eigenvalue weighted by Gasteiger charge is 2.44. The van der Waals surface area contributed by atoms with Gasteiger partial charge in [-0.15, -0.1) is 11.8 Å². The fourth-order valence-corrected chi connectivity index (χ4v) is 4.31. The van der Waals surface area contributed by atoms with E-state index in [9.17, 15) is 15.0 Å². The molecule has 0 aromatic carbocycles. The molecule has 2 aliphatic rings. The number of unbranched alkanes of at least 4 members (excludes halogenated alkanes) is 1. The maximum Gasteiger partial charge on any atom is 0.303 e. The maximum atomic E-state index is 10.6. The van der Waals surface area contributed by atoms with Crippen LogP contribution in [-0.4, -0.2) is 33.5 Å². The van der Waals surface area contributed by atoms with Gasteiger partial charge in [0.25, 0.3) is 0 Å². The van der Waals surface area contributed by atoms with Crippen molar-refractivity contribution in [1.82, 2.24) is 0 Å². The van der Waals surface area contributed by atoms with Gasteiger partial charge in [0.2, 0.25) is 0 Å². The molecule has 0 amide bonds. The number of allylic oxidation sites excluding steroid dienone is 2. The van der Waals surface area contributed by atoms with Crippen LogP contribution in [0.5, 0.6) is 0 Å². The molecule has 0 radical (unpaired) electrons. The smallest absolute Gasteiger partial charge is 0.303 e. The average molecular weight is 360 g/mol. The van der Waals surface area contributed by atoms with Crippen molar-refractivity contribution in [3.8, 4) is 11.8 Å². The lowest BCUT2D eigenvalue weighted by molar-refractivity contribution is -0.137. The number of aliphatic hydroxyl groups excluding tert-OH is 2. The Balaban J connectivity index is 1.89. The van der Waals surface area contributed by atoms with E-state index in [4.69, 9.17) is 5.11 Å². The van der Waals surface area contributed by atoms with Crippen molar-refractivity contribution in [3.63, 3.8) is 0 Å². The highest BCUT2D eigenvalue weighted by molar-refractivity contribution is 5.66. The maximum absolute atomic E-state index is 10.6. The SMILES string of the molecule is CC#CC[C@@H](C)[C@H](O)/C=C/[C@@H]1[C@H]2C/C(=C/CCCC(=O)O)C[C@@H]2C[C@@H]1O. The van der Waals surface area contributed by atoms with Gasteiger partial charge in [-0.1, -0.05) is 30.7 Å². The third kappa shape index (κ3) is 5.72. The first-order valence-electron chi connectivity index (χ1n) is 9.76. The molecule has 3 N–H and O–H groups in total. The molecule has 4 heteroatoms. The lowest BCUT2D eigenvalue weighted by Gasteiger charge is -2.19. The van der Waals surface area contributed by atoms with Crippen LogP contribution in [0.3, 0.4) is 0 Å². The first-order chi connectivity index (χ1) is 12.4. The monoisotopic (exact) mass is 360 g/mol. The van der Waals surface area contributed by atoms with E-state index in [1.165, 1.54) is 5.57 Å². The number of hydrogen-bond acceptors (Lipinski definition) is 3. The van der Waals surface area contributed by atoms with E-state index in [1.807, 2.05) is 19.1 Å². The minimum Gasteiger partial charge on any atom is -0.481 e. The fourth-order valence-electron chi connectivity index (χ4n) is 4.31. The van der Waals surface area contributed by atoms with Gasteiger partial charge in [0.1, 0.15) is 0 Å². The molecule has 4 nitrogen and oxygen atoms in total. The molecule has 0 unspecified atom stereocenters. The van der Waals surface area contributed by atoms with Crippen LogP contribution in [0.4, 0.5) is 0 Å². The molecule has 26 heavy (non-hydrogen) atoms. The minimum absolute atomic E-state index is 0.0845. The summed E-state index contributed by atoms with van der Waals surface area (Å²) in [7, 11) is 0. The molecular weight excluding hydrogens is 328 g/mol. The Kier molecular flexibility index (Phi) is 7.93. The largest absolute Gasteiger partial charge is 0.481 e. The number of hydrogen-bond donors (Lipinski definition) is 3. The van der Waals surface area contributed by atoms with Crippen LogP contribution in [-0.2, 0) is 4.79 Å². The molecule has 0 aromatic heterocycles. The second-order valence-corrected chi connectivity index (χ2v) is 7.84. The second-order valence-electron chi connectivity index (χ2n) is 7.84. The van der Waals surface area contributed by atoms with Crippen molar-refractivity contribution in [1.29, 1.82) is 0 Å². The zero-order valence-corrected chi connectivity index (χ0v) is 15.9. The third-order valence-corrected chi connectivity index (χ3v) is 5.85. The van der Waals surface area contributed by atoms with Crippen LogP contribution in [0.15, 0.2) is 23.8 Å². The summed E-state index contributed by atoms with van der Waals surface area (Å²) in [6, 6.07) is 0. The van der Waals surface area contributed by atoms with Gasteiger partial charge in [-0.05, 0) is 56.8 Å². The van der Waals surface area contributed by atoms with Gasteiger partial charge in [-0.25, -0.2) is 0 Å². The van der Waals surface area contributed by atoms with Crippen LogP contribution in [0.2, 0.25) is 0 Å². The molecule has 2 saturated carbocycles. The Morgan fingerprint density at radius 1 is 1.38 bits per heavy atom. The molecule has 144 valence electrons.